The number of nitrogens with zero attached hydrogens (tertiary/aromatic N) is 2. The number of benzene rings is 1. The molecule has 0 fully saturated rings. The van der Waals surface area contributed by atoms with Crippen molar-refractivity contribution in [3.63, 3.8) is 0 Å². The summed E-state index contributed by atoms with van der Waals surface area (Å²) in [5, 5.41) is 5.01. The highest BCUT2D eigenvalue weighted by atomic mass is 16.2. The van der Waals surface area contributed by atoms with Crippen molar-refractivity contribution in [1.82, 2.24) is 9.99 Å². The number of aryl methyl sites for hydroxylation is 1. The van der Waals surface area contributed by atoms with E-state index in [4.69, 9.17) is 0 Å². The van der Waals surface area contributed by atoms with Crippen LogP contribution in [-0.2, 0) is 7.05 Å². The van der Waals surface area contributed by atoms with Crippen LogP contribution >= 0.6 is 0 Å². The smallest absolute Gasteiger partial charge is 0.272 e. The molecule has 0 atom stereocenters. The van der Waals surface area contributed by atoms with E-state index in [1.165, 1.54) is 0 Å². The van der Waals surface area contributed by atoms with Crippen LogP contribution in [0.25, 0.3) is 16.5 Å². The molecular formula is C17H17N3O. The van der Waals surface area contributed by atoms with E-state index >= 15 is 0 Å². The highest BCUT2D eigenvalue weighted by Crippen LogP contribution is 2.32. The molecule has 3 rings (SSSR count). The lowest BCUT2D eigenvalue weighted by molar-refractivity contribution is 0.0957. The monoisotopic (exact) mass is 279 g/mol. The van der Waals surface area contributed by atoms with Crippen LogP contribution in [0.5, 0.6) is 0 Å². The fraction of sp³-hybridized carbons (Fsp3) is 0.176. The zero-order valence-corrected chi connectivity index (χ0v) is 12.3. The number of aromatic nitrogens is 1. The Balaban J connectivity index is 2.46. The summed E-state index contributed by atoms with van der Waals surface area (Å²) in [6.45, 7) is 4.01. The van der Waals surface area contributed by atoms with E-state index in [1.54, 1.807) is 6.21 Å². The third-order valence-electron chi connectivity index (χ3n) is 3.80. The summed E-state index contributed by atoms with van der Waals surface area (Å²) < 4.78 is 2.12. The number of amides is 1. The third-order valence-corrected chi connectivity index (χ3v) is 3.80. The molecular weight excluding hydrogens is 262 g/mol. The molecule has 1 aromatic carbocycles. The van der Waals surface area contributed by atoms with E-state index in [0.29, 0.717) is 5.56 Å². The maximum absolute atomic E-state index is 12.1. The minimum Gasteiger partial charge on any atom is -0.343 e. The van der Waals surface area contributed by atoms with Crippen molar-refractivity contribution in [3.8, 4) is 0 Å². The number of hydrogen-bond acceptors (Lipinski definition) is 2. The molecule has 1 aliphatic heterocycles. The zero-order valence-electron chi connectivity index (χ0n) is 12.3. The summed E-state index contributed by atoms with van der Waals surface area (Å²) in [5.74, 6) is -0.166. The van der Waals surface area contributed by atoms with Gasteiger partial charge in [0, 0.05) is 23.5 Å². The van der Waals surface area contributed by atoms with Gasteiger partial charge >= 0.3 is 0 Å². The Morgan fingerprint density at radius 1 is 1.33 bits per heavy atom. The average molecular weight is 279 g/mol. The Kier molecular flexibility index (Phi) is 3.22. The molecule has 0 saturated heterocycles. The molecule has 21 heavy (non-hydrogen) atoms. The van der Waals surface area contributed by atoms with Gasteiger partial charge in [-0.05, 0) is 31.6 Å². The second kappa shape index (κ2) is 5.05. The summed E-state index contributed by atoms with van der Waals surface area (Å²) in [7, 11) is 2.02. The van der Waals surface area contributed by atoms with Crippen LogP contribution in [0.15, 0.2) is 41.5 Å². The lowest BCUT2D eigenvalue weighted by Crippen LogP contribution is -2.16. The van der Waals surface area contributed by atoms with Crippen LogP contribution in [0.1, 0.15) is 35.5 Å². The summed E-state index contributed by atoms with van der Waals surface area (Å²) >= 11 is 0. The standard InChI is InChI=1S/C17H17N3O/c1-4-7-11(5-2)16-13-10-18-19-17(21)12-8-6-9-14(15(12)13)20(16)3/h4-10H,1-3H3,(H,19,21)/b7-4-,11-5+. The van der Waals surface area contributed by atoms with Gasteiger partial charge < -0.3 is 4.57 Å². The topological polar surface area (TPSA) is 46.4 Å². The van der Waals surface area contributed by atoms with Crippen molar-refractivity contribution < 1.29 is 4.79 Å². The van der Waals surface area contributed by atoms with Gasteiger partial charge in [-0.1, -0.05) is 24.3 Å². The fourth-order valence-electron chi connectivity index (χ4n) is 2.89. The maximum Gasteiger partial charge on any atom is 0.272 e. The molecule has 0 bridgehead atoms. The lowest BCUT2D eigenvalue weighted by atomic mass is 10.0. The minimum atomic E-state index is -0.166. The van der Waals surface area contributed by atoms with Crippen LogP contribution in [0.2, 0.25) is 0 Å². The van der Waals surface area contributed by atoms with Crippen molar-refractivity contribution in [2.75, 3.05) is 0 Å². The van der Waals surface area contributed by atoms with Crippen LogP contribution in [0, 0.1) is 0 Å². The molecule has 2 heterocycles. The lowest BCUT2D eigenvalue weighted by Gasteiger charge is -2.07. The molecule has 0 spiro atoms. The molecule has 1 amide bonds. The van der Waals surface area contributed by atoms with Gasteiger partial charge in [0.05, 0.1) is 17.5 Å². The first-order chi connectivity index (χ1) is 10.2. The number of allylic oxidation sites excluding steroid dienone is 4. The number of hydrazone groups is 1. The van der Waals surface area contributed by atoms with Crippen LogP contribution < -0.4 is 5.43 Å². The predicted molar refractivity (Wildman–Crippen MR) is 86.4 cm³/mol. The van der Waals surface area contributed by atoms with Crippen molar-refractivity contribution in [2.24, 2.45) is 12.1 Å². The Morgan fingerprint density at radius 2 is 2.14 bits per heavy atom. The van der Waals surface area contributed by atoms with Gasteiger partial charge in [0.1, 0.15) is 0 Å². The van der Waals surface area contributed by atoms with Gasteiger partial charge in [-0.15, -0.1) is 0 Å². The van der Waals surface area contributed by atoms with Gasteiger partial charge in [0.25, 0.3) is 5.91 Å². The van der Waals surface area contributed by atoms with E-state index < -0.39 is 0 Å². The Morgan fingerprint density at radius 3 is 2.86 bits per heavy atom. The maximum atomic E-state index is 12.1. The Bertz CT molecular complexity index is 822. The molecule has 1 aromatic heterocycles. The largest absolute Gasteiger partial charge is 0.343 e. The molecule has 106 valence electrons. The number of carbonyl (C=O) groups excluding carboxylic acids is 1. The summed E-state index contributed by atoms with van der Waals surface area (Å²) in [6, 6.07) is 5.77. The van der Waals surface area contributed by atoms with E-state index in [9.17, 15) is 4.79 Å². The first-order valence-corrected chi connectivity index (χ1v) is 6.93. The molecule has 0 radical (unpaired) electrons. The second-order valence-corrected chi connectivity index (χ2v) is 4.96. The van der Waals surface area contributed by atoms with Crippen molar-refractivity contribution in [3.05, 3.63) is 53.2 Å². The van der Waals surface area contributed by atoms with Gasteiger partial charge in [-0.25, -0.2) is 5.43 Å². The van der Waals surface area contributed by atoms with Crippen molar-refractivity contribution in [2.45, 2.75) is 13.8 Å². The quantitative estimate of drug-likeness (QED) is 0.843. The van der Waals surface area contributed by atoms with Crippen molar-refractivity contribution >= 4 is 28.6 Å². The molecule has 0 saturated carbocycles. The molecule has 1 aliphatic rings. The van der Waals surface area contributed by atoms with E-state index in [-0.39, 0.29) is 5.91 Å². The average Bonchev–Trinajstić information content (AvgIpc) is 2.66. The van der Waals surface area contributed by atoms with Crippen LogP contribution in [-0.4, -0.2) is 16.7 Å². The number of nitrogens with one attached hydrogen (secondary N) is 1. The van der Waals surface area contributed by atoms with E-state index in [0.717, 1.165) is 27.7 Å². The molecule has 0 unspecified atom stereocenters. The third kappa shape index (κ3) is 1.91. The second-order valence-electron chi connectivity index (χ2n) is 4.96. The fourth-order valence-corrected chi connectivity index (χ4v) is 2.89. The first-order valence-electron chi connectivity index (χ1n) is 6.93. The van der Waals surface area contributed by atoms with Crippen LogP contribution in [0.4, 0.5) is 0 Å². The molecule has 4 nitrogen and oxygen atoms in total. The molecule has 1 N–H and O–H groups in total. The molecule has 4 heteroatoms. The molecule has 2 aromatic rings. The normalized spacial score (nSPS) is 14.8. The first kappa shape index (κ1) is 13.4. The van der Waals surface area contributed by atoms with Gasteiger partial charge in [-0.2, -0.15) is 5.10 Å². The van der Waals surface area contributed by atoms with Gasteiger partial charge in [-0.3, -0.25) is 4.79 Å². The van der Waals surface area contributed by atoms with Crippen molar-refractivity contribution in [1.29, 1.82) is 0 Å². The Labute approximate surface area is 123 Å². The Hall–Kier alpha value is -2.62. The minimum absolute atomic E-state index is 0.166. The summed E-state index contributed by atoms with van der Waals surface area (Å²) in [5.41, 5.74) is 7.41. The van der Waals surface area contributed by atoms with E-state index in [1.807, 2.05) is 45.2 Å². The number of rotatable bonds is 2. The SMILES string of the molecule is C/C=C\C(=C/C)c1c2c3c(cccc3n1C)C(=O)NN=C2. The summed E-state index contributed by atoms with van der Waals surface area (Å²) in [4.78, 5) is 12.1. The van der Waals surface area contributed by atoms with Gasteiger partial charge in [0.15, 0.2) is 0 Å². The highest BCUT2D eigenvalue weighted by molar-refractivity contribution is 6.16. The number of hydrogen-bond donors (Lipinski definition) is 1. The van der Waals surface area contributed by atoms with Gasteiger partial charge in [0.2, 0.25) is 0 Å². The zero-order chi connectivity index (χ0) is 15.0. The van der Waals surface area contributed by atoms with Crippen LogP contribution in [0.3, 0.4) is 0 Å². The predicted octanol–water partition coefficient (Wildman–Crippen LogP) is 3.24. The molecule has 0 aliphatic carbocycles. The number of carbonyl (C=O) groups is 1. The highest BCUT2D eigenvalue weighted by Gasteiger charge is 2.22. The van der Waals surface area contributed by atoms with E-state index in [2.05, 4.69) is 27.2 Å². The summed E-state index contributed by atoms with van der Waals surface area (Å²) in [6.07, 6.45) is 7.88.